The molecule has 2 fully saturated rings. The summed E-state index contributed by atoms with van der Waals surface area (Å²) in [6.07, 6.45) is 5.62. The molecule has 1 amide bonds. The van der Waals surface area contributed by atoms with Crippen molar-refractivity contribution in [1.29, 1.82) is 0 Å². The maximum absolute atomic E-state index is 12.9. The van der Waals surface area contributed by atoms with Crippen molar-refractivity contribution in [1.82, 2.24) is 15.1 Å². The van der Waals surface area contributed by atoms with E-state index in [1.807, 2.05) is 35.2 Å². The molecule has 6 nitrogen and oxygen atoms in total. The Balaban J connectivity index is 1.42. The van der Waals surface area contributed by atoms with Crippen LogP contribution in [0.2, 0.25) is 0 Å². The molecule has 0 saturated carbocycles. The van der Waals surface area contributed by atoms with Crippen molar-refractivity contribution >= 4 is 5.91 Å². The molecule has 1 N–H and O–H groups in total. The third kappa shape index (κ3) is 3.15. The van der Waals surface area contributed by atoms with Crippen LogP contribution in [0.1, 0.15) is 36.0 Å². The summed E-state index contributed by atoms with van der Waals surface area (Å²) in [5.74, 6) is 0.0841. The van der Waals surface area contributed by atoms with Crippen LogP contribution in [0.25, 0.3) is 11.3 Å². The van der Waals surface area contributed by atoms with E-state index in [0.717, 1.165) is 49.1 Å². The SMILES string of the molecule is CO[C@H]1CCCOC12CCN(C(=O)c1ccc(-c3ccn[nH]3)cc1)CC2. The second-order valence-electron chi connectivity index (χ2n) is 7.12. The molecule has 1 aromatic heterocycles. The zero-order chi connectivity index (χ0) is 18.0. The summed E-state index contributed by atoms with van der Waals surface area (Å²) in [7, 11) is 1.76. The second kappa shape index (κ2) is 7.21. The smallest absolute Gasteiger partial charge is 0.253 e. The molecule has 26 heavy (non-hydrogen) atoms. The number of hydrogen-bond acceptors (Lipinski definition) is 4. The first kappa shape index (κ1) is 17.2. The van der Waals surface area contributed by atoms with Gasteiger partial charge in [0.25, 0.3) is 5.91 Å². The number of rotatable bonds is 3. The number of hydrogen-bond donors (Lipinski definition) is 1. The van der Waals surface area contributed by atoms with E-state index >= 15 is 0 Å². The molecule has 0 radical (unpaired) electrons. The molecular weight excluding hydrogens is 330 g/mol. The van der Waals surface area contributed by atoms with E-state index < -0.39 is 0 Å². The molecule has 3 heterocycles. The fourth-order valence-electron chi connectivity index (χ4n) is 4.18. The standard InChI is InChI=1S/C20H25N3O3/c1-25-18-3-2-14-26-20(18)9-12-23(13-10-20)19(24)16-6-4-15(5-7-16)17-8-11-21-22-17/h4-8,11,18H,2-3,9-10,12-14H2,1H3,(H,21,22)/t18-/m0/s1. The maximum atomic E-state index is 12.9. The zero-order valence-electron chi connectivity index (χ0n) is 15.1. The van der Waals surface area contributed by atoms with Gasteiger partial charge in [0.1, 0.15) is 0 Å². The van der Waals surface area contributed by atoms with E-state index in [2.05, 4.69) is 10.2 Å². The van der Waals surface area contributed by atoms with E-state index in [1.165, 1.54) is 0 Å². The summed E-state index contributed by atoms with van der Waals surface area (Å²) >= 11 is 0. The Bertz CT molecular complexity index is 734. The van der Waals surface area contributed by atoms with Crippen molar-refractivity contribution < 1.29 is 14.3 Å². The average Bonchev–Trinajstić information content (AvgIpc) is 3.23. The monoisotopic (exact) mass is 355 g/mol. The number of piperidine rings is 1. The van der Waals surface area contributed by atoms with Gasteiger partial charge in [0.15, 0.2) is 0 Å². The molecule has 1 spiro atoms. The lowest BCUT2D eigenvalue weighted by molar-refractivity contribution is -0.183. The van der Waals surface area contributed by atoms with Crippen LogP contribution in [-0.4, -0.2) is 59.5 Å². The fraction of sp³-hybridized carbons (Fsp3) is 0.500. The Kier molecular flexibility index (Phi) is 4.78. The van der Waals surface area contributed by atoms with E-state index in [0.29, 0.717) is 13.1 Å². The quantitative estimate of drug-likeness (QED) is 0.919. The van der Waals surface area contributed by atoms with Crippen molar-refractivity contribution in [2.45, 2.75) is 37.4 Å². The molecular formula is C20H25N3O3. The number of benzene rings is 1. The van der Waals surface area contributed by atoms with Crippen LogP contribution in [0.15, 0.2) is 36.5 Å². The highest BCUT2D eigenvalue weighted by Gasteiger charge is 2.45. The summed E-state index contributed by atoms with van der Waals surface area (Å²) in [5.41, 5.74) is 2.48. The Hall–Kier alpha value is -2.18. The van der Waals surface area contributed by atoms with Gasteiger partial charge in [-0.1, -0.05) is 12.1 Å². The number of ether oxygens (including phenoxy) is 2. The number of amides is 1. The molecule has 138 valence electrons. The van der Waals surface area contributed by atoms with Gasteiger partial charge in [0, 0.05) is 38.6 Å². The van der Waals surface area contributed by atoms with E-state index in [-0.39, 0.29) is 17.6 Å². The zero-order valence-corrected chi connectivity index (χ0v) is 15.1. The molecule has 2 aliphatic heterocycles. The Morgan fingerprint density at radius 2 is 2.04 bits per heavy atom. The number of methoxy groups -OCH3 is 1. The number of aromatic amines is 1. The van der Waals surface area contributed by atoms with Gasteiger partial charge in [-0.3, -0.25) is 9.89 Å². The van der Waals surface area contributed by atoms with Crippen LogP contribution in [0, 0.1) is 0 Å². The molecule has 4 rings (SSSR count). The van der Waals surface area contributed by atoms with Gasteiger partial charge in [0.05, 0.1) is 17.4 Å². The van der Waals surface area contributed by atoms with Crippen LogP contribution < -0.4 is 0 Å². The Morgan fingerprint density at radius 3 is 2.69 bits per heavy atom. The normalized spacial score (nSPS) is 22.5. The first-order valence-electron chi connectivity index (χ1n) is 9.28. The average molecular weight is 355 g/mol. The molecule has 1 aromatic carbocycles. The van der Waals surface area contributed by atoms with E-state index in [4.69, 9.17) is 9.47 Å². The first-order valence-corrected chi connectivity index (χ1v) is 9.28. The number of carbonyl (C=O) groups excluding carboxylic acids is 1. The highest BCUT2D eigenvalue weighted by molar-refractivity contribution is 5.94. The molecule has 2 aliphatic rings. The highest BCUT2D eigenvalue weighted by atomic mass is 16.5. The van der Waals surface area contributed by atoms with Crippen LogP contribution in [0.3, 0.4) is 0 Å². The fourth-order valence-corrected chi connectivity index (χ4v) is 4.18. The number of likely N-dealkylation sites (tertiary alicyclic amines) is 1. The van der Waals surface area contributed by atoms with Crippen molar-refractivity contribution in [3.05, 3.63) is 42.1 Å². The van der Waals surface area contributed by atoms with Gasteiger partial charge < -0.3 is 14.4 Å². The van der Waals surface area contributed by atoms with E-state index in [9.17, 15) is 4.79 Å². The number of aromatic nitrogens is 2. The largest absolute Gasteiger partial charge is 0.378 e. The van der Waals surface area contributed by atoms with Crippen LogP contribution in [0.5, 0.6) is 0 Å². The first-order chi connectivity index (χ1) is 12.7. The molecule has 1 atom stereocenters. The van der Waals surface area contributed by atoms with Crippen molar-refractivity contribution in [2.24, 2.45) is 0 Å². The Labute approximate surface area is 153 Å². The maximum Gasteiger partial charge on any atom is 0.253 e. The minimum Gasteiger partial charge on any atom is -0.378 e. The topological polar surface area (TPSA) is 67.5 Å². The summed E-state index contributed by atoms with van der Waals surface area (Å²) < 4.78 is 11.8. The van der Waals surface area contributed by atoms with E-state index in [1.54, 1.807) is 13.3 Å². The summed E-state index contributed by atoms with van der Waals surface area (Å²) in [4.78, 5) is 14.8. The van der Waals surface area contributed by atoms with Crippen molar-refractivity contribution in [3.63, 3.8) is 0 Å². The lowest BCUT2D eigenvalue weighted by atomic mass is 9.81. The minimum atomic E-state index is -0.214. The second-order valence-corrected chi connectivity index (χ2v) is 7.12. The third-order valence-electron chi connectivity index (χ3n) is 5.71. The van der Waals surface area contributed by atoms with Crippen molar-refractivity contribution in [3.8, 4) is 11.3 Å². The highest BCUT2D eigenvalue weighted by Crippen LogP contribution is 2.37. The van der Waals surface area contributed by atoms with Crippen LogP contribution in [-0.2, 0) is 9.47 Å². The van der Waals surface area contributed by atoms with Gasteiger partial charge in [-0.2, -0.15) is 5.10 Å². The number of nitrogens with zero attached hydrogens (tertiary/aromatic N) is 2. The number of carbonyl (C=O) groups is 1. The van der Waals surface area contributed by atoms with Gasteiger partial charge in [0.2, 0.25) is 0 Å². The third-order valence-corrected chi connectivity index (χ3v) is 5.71. The molecule has 0 bridgehead atoms. The Morgan fingerprint density at radius 1 is 1.27 bits per heavy atom. The van der Waals surface area contributed by atoms with Gasteiger partial charge >= 0.3 is 0 Å². The molecule has 6 heteroatoms. The minimum absolute atomic E-state index is 0.0841. The summed E-state index contributed by atoms with van der Waals surface area (Å²) in [6.45, 7) is 2.21. The van der Waals surface area contributed by atoms with Gasteiger partial charge in [-0.05, 0) is 49.4 Å². The van der Waals surface area contributed by atoms with Gasteiger partial charge in [-0.15, -0.1) is 0 Å². The molecule has 2 saturated heterocycles. The van der Waals surface area contributed by atoms with Crippen LogP contribution in [0.4, 0.5) is 0 Å². The van der Waals surface area contributed by atoms with Crippen molar-refractivity contribution in [2.75, 3.05) is 26.8 Å². The lowest BCUT2D eigenvalue weighted by Crippen LogP contribution is -2.56. The molecule has 0 unspecified atom stereocenters. The number of nitrogens with one attached hydrogen (secondary N) is 1. The lowest BCUT2D eigenvalue weighted by Gasteiger charge is -2.48. The predicted molar refractivity (Wildman–Crippen MR) is 97.9 cm³/mol. The predicted octanol–water partition coefficient (Wildman–Crippen LogP) is 2.88. The van der Waals surface area contributed by atoms with Crippen LogP contribution >= 0.6 is 0 Å². The van der Waals surface area contributed by atoms with Gasteiger partial charge in [-0.25, -0.2) is 0 Å². The molecule has 0 aliphatic carbocycles. The number of H-pyrrole nitrogens is 1. The summed E-state index contributed by atoms with van der Waals surface area (Å²) in [6, 6.07) is 9.60. The molecule has 2 aromatic rings. The summed E-state index contributed by atoms with van der Waals surface area (Å²) in [5, 5.41) is 6.90.